The second-order valence-corrected chi connectivity index (χ2v) is 25.2. The summed E-state index contributed by atoms with van der Waals surface area (Å²) in [4.78, 5) is 143. The maximum atomic E-state index is 14.2. The molecule has 89 heavy (non-hydrogen) atoms. The molecule has 45 nitrogen and oxygen atoms in total. The number of aliphatic hydroxyl groups is 5. The first-order valence-corrected chi connectivity index (χ1v) is 31.5. The van der Waals surface area contributed by atoms with E-state index in [4.69, 9.17) is 46.1 Å². The van der Waals surface area contributed by atoms with E-state index in [2.05, 4.69) is 64.3 Å². The molecular formula is C40H46N16O29P4. The summed E-state index contributed by atoms with van der Waals surface area (Å²) in [5, 5.41) is 56.9. The fourth-order valence-corrected chi connectivity index (χ4v) is 13.4. The van der Waals surface area contributed by atoms with Gasteiger partial charge in [0, 0.05) is 0 Å². The Kier molecular flexibility index (Phi) is 16.9. The molecule has 0 aliphatic carbocycles. The number of H-pyrrole nitrogens is 4. The molecule has 0 radical (unpaired) electrons. The van der Waals surface area contributed by atoms with E-state index in [1.807, 2.05) is 0 Å². The van der Waals surface area contributed by atoms with Crippen LogP contribution in [0.4, 0.5) is 0 Å². The highest BCUT2D eigenvalue weighted by Crippen LogP contribution is 2.54. The topological polar surface area (TPSA) is 626 Å². The minimum Gasteiger partial charge on any atom is -0.387 e. The summed E-state index contributed by atoms with van der Waals surface area (Å²) in [6.07, 6.45) is -22.7. The van der Waals surface area contributed by atoms with Gasteiger partial charge >= 0.3 is 31.3 Å². The van der Waals surface area contributed by atoms with Crippen molar-refractivity contribution in [2.24, 2.45) is 0 Å². The van der Waals surface area contributed by atoms with Crippen molar-refractivity contribution in [2.45, 2.75) is 98.2 Å². The number of hydrogen-bond donors (Lipinski definition) is 14. The number of hydrogen-bond acceptors (Lipinski definition) is 32. The van der Waals surface area contributed by atoms with Crippen molar-refractivity contribution in [3.8, 4) is 0 Å². The first-order chi connectivity index (χ1) is 42.2. The van der Waals surface area contributed by atoms with E-state index in [1.165, 1.54) is 0 Å². The molecule has 4 aliphatic heterocycles. The van der Waals surface area contributed by atoms with Gasteiger partial charge in [0.25, 0.3) is 22.2 Å². The first kappa shape index (κ1) is 62.7. The molecule has 49 heteroatoms. The second kappa shape index (κ2) is 23.9. The Bertz CT molecular complexity index is 4420. The third-order valence-electron chi connectivity index (χ3n) is 14.2. The molecule has 12 rings (SSSR count). The zero-order chi connectivity index (χ0) is 63.2. The second-order valence-electron chi connectivity index (χ2n) is 19.7. The van der Waals surface area contributed by atoms with Crippen molar-refractivity contribution in [2.75, 3.05) is 26.4 Å². The fraction of sp³-hybridized carbons (Fsp3) is 0.500. The van der Waals surface area contributed by atoms with E-state index in [9.17, 15) is 87.4 Å². The summed E-state index contributed by atoms with van der Waals surface area (Å²) in [6, 6.07) is 0. The number of rotatable bonds is 22. The molecule has 0 saturated carbocycles. The van der Waals surface area contributed by atoms with Gasteiger partial charge in [-0.3, -0.25) is 69.1 Å². The molecule has 12 heterocycles. The van der Waals surface area contributed by atoms with Crippen LogP contribution < -0.4 is 22.2 Å². The van der Waals surface area contributed by atoms with E-state index < -0.39 is 178 Å². The first-order valence-electron chi connectivity index (χ1n) is 25.5. The lowest BCUT2D eigenvalue weighted by molar-refractivity contribution is -0.0632. The summed E-state index contributed by atoms with van der Waals surface area (Å²) >= 11 is 0. The van der Waals surface area contributed by atoms with E-state index in [0.29, 0.717) is 0 Å². The average Bonchev–Trinajstić information content (AvgIpc) is 1.96. The van der Waals surface area contributed by atoms with Crippen LogP contribution in [0.1, 0.15) is 24.9 Å². The average molecular weight is 1340 g/mol. The van der Waals surface area contributed by atoms with E-state index >= 15 is 0 Å². The van der Waals surface area contributed by atoms with Crippen molar-refractivity contribution in [3.05, 3.63) is 92.0 Å². The number of aromatic amines is 4. The van der Waals surface area contributed by atoms with Gasteiger partial charge < -0.3 is 88.9 Å². The molecule has 4 aliphatic rings. The third-order valence-corrected chi connectivity index (χ3v) is 17.6. The highest BCUT2D eigenvalue weighted by molar-refractivity contribution is 7.48. The molecule has 4 saturated heterocycles. The minimum atomic E-state index is -5.78. The van der Waals surface area contributed by atoms with E-state index in [1.54, 1.807) is 0 Å². The molecule has 0 spiro atoms. The predicted octanol–water partition coefficient (Wildman–Crippen LogP) is -5.47. The smallest absolute Gasteiger partial charge is 0.387 e. The maximum Gasteiger partial charge on any atom is 0.472 e. The van der Waals surface area contributed by atoms with Crippen LogP contribution in [0.2, 0.25) is 0 Å². The lowest BCUT2D eigenvalue weighted by Crippen LogP contribution is -2.38. The van der Waals surface area contributed by atoms with Crippen LogP contribution in [-0.2, 0) is 68.9 Å². The minimum absolute atomic E-state index is 0.0732. The van der Waals surface area contributed by atoms with Crippen molar-refractivity contribution in [3.63, 3.8) is 0 Å². The maximum absolute atomic E-state index is 14.2. The SMILES string of the molecule is O=c1[nH]cnc2c1ncn2C1OC(COP(=O)(O)OC2C(COP(=O)(O)OC3C(COP(=O)(O)OC4C(COP(=O)(O)O)OC(n5cnc6c(=O)[nH]cnc65)C4O)OC(n4cnc5c(=O)[nH]cnc54)C3O)OC(n3cnc4c(=O)[nH]cnc43)C2O)C(O)C1O. The van der Waals surface area contributed by atoms with E-state index in [-0.39, 0.29) is 44.7 Å². The molecule has 8 aromatic heterocycles. The van der Waals surface area contributed by atoms with Gasteiger partial charge in [-0.2, -0.15) is 0 Å². The third kappa shape index (κ3) is 12.3. The highest BCUT2D eigenvalue weighted by Gasteiger charge is 2.55. The number of phosphoric acid groups is 4. The summed E-state index contributed by atoms with van der Waals surface area (Å²) in [7, 11) is -22.3. The van der Waals surface area contributed by atoms with Crippen LogP contribution in [-0.4, -0.2) is 228 Å². The predicted molar refractivity (Wildman–Crippen MR) is 278 cm³/mol. The standard InChI is InChI=1S/C40H46N16O29P4/c57-21-13(79-37(22(21)58)53-9-49-17-29(53)41-5-45-33(17)62)1-76-87(69,70)84-27-15(81-39(24(27)60)55-11-51-19-31(55)43-7-47-35(19)64)3-78-89(73,74)85-28-16(82-40(25(28)61)56-12-52-20-32(56)44-8-48-36(20)65)4-77-88(71,72)83-26-14(2-75-86(66,67)68)80-38(23(26)59)54-10-50-18-30(54)42-6-46-34(18)63/h5-16,21-28,37-40,57-61H,1-4H2,(H,69,70)(H,71,72)(H,73,74)(H,41,45,62)(H,42,46,63)(H,43,47,64)(H,44,48,65)(H2,66,67,68). The van der Waals surface area contributed by atoms with Gasteiger partial charge in [0.2, 0.25) is 0 Å². The van der Waals surface area contributed by atoms with Crippen LogP contribution in [0.5, 0.6) is 0 Å². The highest BCUT2D eigenvalue weighted by atomic mass is 31.2. The summed E-state index contributed by atoms with van der Waals surface area (Å²) < 4.78 is 117. The van der Waals surface area contributed by atoms with Crippen LogP contribution >= 0.6 is 31.3 Å². The zero-order valence-corrected chi connectivity index (χ0v) is 47.6. The Morgan fingerprint density at radius 3 is 0.933 bits per heavy atom. The Morgan fingerprint density at radius 2 is 0.640 bits per heavy atom. The Morgan fingerprint density at radius 1 is 0.382 bits per heavy atom. The van der Waals surface area contributed by atoms with Crippen molar-refractivity contribution >= 4 is 75.9 Å². The summed E-state index contributed by atoms with van der Waals surface area (Å²) in [5.41, 5.74) is -4.66. The van der Waals surface area contributed by atoms with Crippen molar-refractivity contribution in [1.82, 2.24) is 78.1 Å². The number of nitrogens with zero attached hydrogens (tertiary/aromatic N) is 12. The fourth-order valence-electron chi connectivity index (χ4n) is 10.2. The summed E-state index contributed by atoms with van der Waals surface area (Å²) in [5.74, 6) is 0. The van der Waals surface area contributed by atoms with Gasteiger partial charge in [-0.1, -0.05) is 0 Å². The molecule has 19 unspecified atom stereocenters. The van der Waals surface area contributed by atoms with Gasteiger partial charge in [-0.05, 0) is 0 Å². The van der Waals surface area contributed by atoms with Crippen molar-refractivity contribution in [1.29, 1.82) is 0 Å². The number of aromatic nitrogens is 16. The van der Waals surface area contributed by atoms with Gasteiger partial charge in [0.1, 0.15) is 73.2 Å². The zero-order valence-electron chi connectivity index (χ0n) is 44.1. The molecular weight excluding hydrogens is 1290 g/mol. The Labute approximate surface area is 488 Å². The molecule has 0 amide bonds. The van der Waals surface area contributed by atoms with Crippen LogP contribution in [0.25, 0.3) is 44.7 Å². The molecule has 480 valence electrons. The number of phosphoric ester groups is 4. The lowest BCUT2D eigenvalue weighted by atomic mass is 10.1. The van der Waals surface area contributed by atoms with Gasteiger partial charge in [0.15, 0.2) is 69.6 Å². The normalized spacial score (nSPS) is 31.3. The van der Waals surface area contributed by atoms with Crippen LogP contribution in [0.3, 0.4) is 0 Å². The number of fused-ring (bicyclic) bond motifs is 4. The van der Waals surface area contributed by atoms with Crippen molar-refractivity contribution < 1.29 is 119 Å². The van der Waals surface area contributed by atoms with Gasteiger partial charge in [-0.15, -0.1) is 0 Å². The van der Waals surface area contributed by atoms with Gasteiger partial charge in [-0.25, -0.2) is 58.1 Å². The molecule has 0 bridgehead atoms. The van der Waals surface area contributed by atoms with Crippen LogP contribution in [0, 0.1) is 0 Å². The quantitative estimate of drug-likeness (QED) is 0.0282. The number of nitrogens with one attached hydrogen (secondary N) is 4. The molecule has 8 aromatic rings. The number of ether oxygens (including phenoxy) is 4. The summed E-state index contributed by atoms with van der Waals surface area (Å²) in [6.45, 7) is -4.69. The monoisotopic (exact) mass is 1340 g/mol. The molecule has 4 fully saturated rings. The van der Waals surface area contributed by atoms with Gasteiger partial charge in [0.05, 0.1) is 77.0 Å². The molecule has 14 N–H and O–H groups in total. The number of imidazole rings is 4. The Hall–Kier alpha value is -6.52. The van der Waals surface area contributed by atoms with Crippen LogP contribution in [0.15, 0.2) is 69.8 Å². The molecule has 0 aromatic carbocycles. The van der Waals surface area contributed by atoms with E-state index in [0.717, 1.165) is 68.9 Å². The lowest BCUT2D eigenvalue weighted by Gasteiger charge is -2.26. The largest absolute Gasteiger partial charge is 0.472 e. The Balaban J connectivity index is 0.774. The molecule has 19 atom stereocenters. The number of aliphatic hydroxyl groups excluding tert-OH is 5.